The Morgan fingerprint density at radius 2 is 1.60 bits per heavy atom. The first kappa shape index (κ1) is 17.2. The van der Waals surface area contributed by atoms with Gasteiger partial charge < -0.3 is 11.5 Å². The quantitative estimate of drug-likeness (QED) is 0.558. The minimum Gasteiger partial charge on any atom is -0.330 e. The van der Waals surface area contributed by atoms with Crippen molar-refractivity contribution in [1.82, 2.24) is 0 Å². The van der Waals surface area contributed by atoms with Crippen molar-refractivity contribution in [2.24, 2.45) is 17.4 Å². The molecule has 92 valence electrons. The van der Waals surface area contributed by atoms with Crippen LogP contribution in [0, 0.1) is 5.92 Å². The second-order valence-electron chi connectivity index (χ2n) is 4.25. The standard InChI is InChI=1S/C9H22N2.BF3/c1-8(9(2,3)11)6-4-5-7-10;2-1(3)4/h8H,4-7,10-11H2,1-3H3;. The van der Waals surface area contributed by atoms with Gasteiger partial charge in [-0.15, -0.1) is 0 Å². The van der Waals surface area contributed by atoms with Gasteiger partial charge in [-0.2, -0.15) is 0 Å². The Bertz CT molecular complexity index is 137. The Hall–Kier alpha value is -0.225. The molecule has 0 aromatic heterocycles. The molecule has 2 nitrogen and oxygen atoms in total. The van der Waals surface area contributed by atoms with Gasteiger partial charge in [-0.3, -0.25) is 12.9 Å². The van der Waals surface area contributed by atoms with E-state index in [2.05, 4.69) is 20.8 Å². The Labute approximate surface area is 90.8 Å². The Balaban J connectivity index is 0. The highest BCUT2D eigenvalue weighted by Gasteiger charge is 2.19. The zero-order chi connectivity index (χ0) is 12.5. The third-order valence-corrected chi connectivity index (χ3v) is 2.36. The number of unbranched alkanes of at least 4 members (excludes halogenated alkanes) is 1. The molecule has 0 aliphatic rings. The first-order valence-electron chi connectivity index (χ1n) is 5.13. The minimum absolute atomic E-state index is 0.0331. The first-order valence-corrected chi connectivity index (χ1v) is 5.13. The van der Waals surface area contributed by atoms with E-state index in [1.807, 2.05) is 0 Å². The van der Waals surface area contributed by atoms with Crippen LogP contribution in [0.1, 0.15) is 40.0 Å². The van der Waals surface area contributed by atoms with Gasteiger partial charge in [-0.05, 0) is 39.2 Å². The smallest absolute Gasteiger partial charge is 0.330 e. The molecule has 0 heterocycles. The highest BCUT2D eigenvalue weighted by molar-refractivity contribution is 6.33. The Kier molecular flexibility index (Phi) is 10.3. The highest BCUT2D eigenvalue weighted by Crippen LogP contribution is 2.18. The van der Waals surface area contributed by atoms with E-state index >= 15 is 0 Å². The van der Waals surface area contributed by atoms with Crippen LogP contribution in [0.3, 0.4) is 0 Å². The molecule has 1 atom stereocenters. The zero-order valence-corrected chi connectivity index (χ0v) is 9.77. The van der Waals surface area contributed by atoms with E-state index in [9.17, 15) is 12.9 Å². The SMILES string of the molecule is CC(CCCCN)C(C)(C)N.FB(F)F. The molecule has 6 heteroatoms. The molecule has 0 aromatic rings. The summed E-state index contributed by atoms with van der Waals surface area (Å²) < 4.78 is 29.0. The van der Waals surface area contributed by atoms with E-state index < -0.39 is 7.54 Å². The van der Waals surface area contributed by atoms with Gasteiger partial charge >= 0.3 is 7.54 Å². The lowest BCUT2D eigenvalue weighted by atomic mass is 9.86. The second-order valence-corrected chi connectivity index (χ2v) is 4.25. The summed E-state index contributed by atoms with van der Waals surface area (Å²) >= 11 is 0. The molecule has 0 aliphatic carbocycles. The Morgan fingerprint density at radius 1 is 1.20 bits per heavy atom. The molecular formula is C9H22BF3N2. The van der Waals surface area contributed by atoms with Gasteiger partial charge in [0.15, 0.2) is 0 Å². The third kappa shape index (κ3) is 16.5. The van der Waals surface area contributed by atoms with E-state index in [-0.39, 0.29) is 5.54 Å². The van der Waals surface area contributed by atoms with Crippen molar-refractivity contribution in [2.45, 2.75) is 45.6 Å². The van der Waals surface area contributed by atoms with E-state index in [0.717, 1.165) is 13.0 Å². The van der Waals surface area contributed by atoms with E-state index in [0.29, 0.717) is 5.92 Å². The second kappa shape index (κ2) is 9.03. The van der Waals surface area contributed by atoms with Crippen LogP contribution < -0.4 is 11.5 Å². The number of rotatable bonds is 5. The average molecular weight is 226 g/mol. The number of hydrogen-bond acceptors (Lipinski definition) is 2. The van der Waals surface area contributed by atoms with Crippen molar-refractivity contribution in [3.63, 3.8) is 0 Å². The molecule has 1 unspecified atom stereocenters. The molecule has 0 saturated carbocycles. The van der Waals surface area contributed by atoms with Crippen molar-refractivity contribution >= 4 is 7.54 Å². The zero-order valence-electron chi connectivity index (χ0n) is 9.77. The molecule has 0 spiro atoms. The fourth-order valence-electron chi connectivity index (χ4n) is 0.967. The van der Waals surface area contributed by atoms with Crippen LogP contribution >= 0.6 is 0 Å². The lowest BCUT2D eigenvalue weighted by molar-refractivity contribution is 0.318. The van der Waals surface area contributed by atoms with E-state index in [4.69, 9.17) is 11.5 Å². The molecule has 15 heavy (non-hydrogen) atoms. The molecule has 0 aromatic carbocycles. The number of hydrogen-bond donors (Lipinski definition) is 2. The van der Waals surface area contributed by atoms with Gasteiger partial charge in [0.2, 0.25) is 0 Å². The van der Waals surface area contributed by atoms with Crippen LogP contribution in [0.2, 0.25) is 0 Å². The molecule has 4 N–H and O–H groups in total. The van der Waals surface area contributed by atoms with Crippen molar-refractivity contribution in [2.75, 3.05) is 6.54 Å². The van der Waals surface area contributed by atoms with Crippen LogP contribution in [-0.4, -0.2) is 19.6 Å². The highest BCUT2D eigenvalue weighted by atomic mass is 19.4. The fraction of sp³-hybridized carbons (Fsp3) is 1.00. The molecule has 0 saturated heterocycles. The van der Waals surface area contributed by atoms with Gasteiger partial charge in [-0.1, -0.05) is 13.3 Å². The summed E-state index contributed by atoms with van der Waals surface area (Å²) in [6, 6.07) is 0. The van der Waals surface area contributed by atoms with Crippen LogP contribution in [0.5, 0.6) is 0 Å². The van der Waals surface area contributed by atoms with Gasteiger partial charge in [0, 0.05) is 5.54 Å². The monoisotopic (exact) mass is 226 g/mol. The van der Waals surface area contributed by atoms with Crippen LogP contribution in [0.25, 0.3) is 0 Å². The summed E-state index contributed by atoms with van der Waals surface area (Å²) in [4.78, 5) is 0. The van der Waals surface area contributed by atoms with Gasteiger partial charge in [-0.25, -0.2) is 0 Å². The molecule has 0 rings (SSSR count). The van der Waals surface area contributed by atoms with Gasteiger partial charge in [0.25, 0.3) is 0 Å². The largest absolute Gasteiger partial charge is 0.762 e. The molecule has 0 aliphatic heterocycles. The summed E-state index contributed by atoms with van der Waals surface area (Å²) in [5.41, 5.74) is 11.3. The van der Waals surface area contributed by atoms with E-state index in [1.54, 1.807) is 0 Å². The summed E-state index contributed by atoms with van der Waals surface area (Å²) in [6.07, 6.45) is 3.53. The van der Waals surface area contributed by atoms with Gasteiger partial charge in [0.05, 0.1) is 0 Å². The summed E-state index contributed by atoms with van der Waals surface area (Å²) in [5, 5.41) is 0. The molecule has 0 radical (unpaired) electrons. The van der Waals surface area contributed by atoms with Crippen LogP contribution in [0.4, 0.5) is 12.9 Å². The maximum absolute atomic E-state index is 9.67. The number of halogens is 3. The molecule has 0 bridgehead atoms. The van der Waals surface area contributed by atoms with Crippen LogP contribution in [0.15, 0.2) is 0 Å². The van der Waals surface area contributed by atoms with Crippen molar-refractivity contribution < 1.29 is 12.9 Å². The van der Waals surface area contributed by atoms with Crippen molar-refractivity contribution in [3.8, 4) is 0 Å². The fourth-order valence-corrected chi connectivity index (χ4v) is 0.967. The normalized spacial score (nSPS) is 12.8. The summed E-state index contributed by atoms with van der Waals surface area (Å²) in [5.74, 6) is 0.592. The Morgan fingerprint density at radius 3 is 1.87 bits per heavy atom. The lowest BCUT2D eigenvalue weighted by Crippen LogP contribution is -2.39. The molecular weight excluding hydrogens is 204 g/mol. The lowest BCUT2D eigenvalue weighted by Gasteiger charge is -2.27. The van der Waals surface area contributed by atoms with Gasteiger partial charge in [0.1, 0.15) is 0 Å². The average Bonchev–Trinajstić information content (AvgIpc) is 2.01. The molecule has 0 amide bonds. The first-order chi connectivity index (χ1) is 6.71. The topological polar surface area (TPSA) is 52.0 Å². The maximum atomic E-state index is 9.67. The third-order valence-electron chi connectivity index (χ3n) is 2.36. The molecule has 0 fully saturated rings. The predicted octanol–water partition coefficient (Wildman–Crippen LogP) is 2.37. The van der Waals surface area contributed by atoms with E-state index in [1.165, 1.54) is 12.8 Å². The van der Waals surface area contributed by atoms with Crippen molar-refractivity contribution in [3.05, 3.63) is 0 Å². The summed E-state index contributed by atoms with van der Waals surface area (Å²) in [7, 11) is -3.67. The van der Waals surface area contributed by atoms with Crippen molar-refractivity contribution in [1.29, 1.82) is 0 Å². The van der Waals surface area contributed by atoms with Crippen LogP contribution in [-0.2, 0) is 0 Å². The summed E-state index contributed by atoms with van der Waals surface area (Å²) in [6.45, 7) is 7.18. The minimum atomic E-state index is -3.67. The predicted molar refractivity (Wildman–Crippen MR) is 59.4 cm³/mol. The maximum Gasteiger partial charge on any atom is 0.762 e. The number of nitrogens with two attached hydrogens (primary N) is 2.